The van der Waals surface area contributed by atoms with Gasteiger partial charge in [-0.05, 0) is 88.1 Å². The van der Waals surface area contributed by atoms with Crippen molar-refractivity contribution >= 4 is 34.2 Å². The van der Waals surface area contributed by atoms with E-state index in [1.54, 1.807) is 0 Å². The average molecular weight is 472 g/mol. The first kappa shape index (κ1) is 22.1. The molecule has 1 aliphatic heterocycles. The second kappa shape index (κ2) is 8.40. The van der Waals surface area contributed by atoms with Gasteiger partial charge < -0.3 is 19.9 Å². The molecule has 3 aliphatic rings. The van der Waals surface area contributed by atoms with Crippen molar-refractivity contribution in [2.24, 2.45) is 5.92 Å². The molecule has 2 aliphatic carbocycles. The Bertz CT molecular complexity index is 1330. The van der Waals surface area contributed by atoms with E-state index in [0.717, 1.165) is 68.0 Å². The summed E-state index contributed by atoms with van der Waals surface area (Å²) >= 11 is 0. The molecule has 3 aromatic heterocycles. The zero-order valence-electron chi connectivity index (χ0n) is 20.8. The van der Waals surface area contributed by atoms with Gasteiger partial charge in [0.25, 0.3) is 0 Å². The summed E-state index contributed by atoms with van der Waals surface area (Å²) < 4.78 is 5.56. The first-order valence-electron chi connectivity index (χ1n) is 12.8. The molecule has 0 atom stereocenters. The van der Waals surface area contributed by atoms with Crippen molar-refractivity contribution in [3.8, 4) is 0 Å². The molecule has 2 N–H and O–H groups in total. The number of nitrogens with zero attached hydrogens (tertiary/aromatic N) is 3. The van der Waals surface area contributed by atoms with Crippen LogP contribution in [0.25, 0.3) is 16.6 Å². The van der Waals surface area contributed by atoms with Crippen LogP contribution in [0, 0.1) is 5.92 Å². The van der Waals surface area contributed by atoms with Crippen molar-refractivity contribution < 1.29 is 9.53 Å². The number of hydrogen-bond donors (Lipinski definition) is 2. The van der Waals surface area contributed by atoms with Crippen molar-refractivity contribution in [1.29, 1.82) is 0 Å². The number of anilines is 2. The number of H-pyrrole nitrogens is 1. The molecule has 182 valence electrons. The van der Waals surface area contributed by atoms with Gasteiger partial charge in [0.05, 0.1) is 17.6 Å². The molecule has 0 aromatic carbocycles. The summed E-state index contributed by atoms with van der Waals surface area (Å²) in [5.41, 5.74) is 7.96. The van der Waals surface area contributed by atoms with E-state index in [4.69, 9.17) is 14.7 Å². The van der Waals surface area contributed by atoms with Crippen molar-refractivity contribution in [2.45, 2.75) is 64.9 Å². The highest BCUT2D eigenvalue weighted by Gasteiger charge is 2.31. The number of likely N-dealkylation sites (tertiary alicyclic amines) is 1. The number of carbonyl (C=O) groups excluding carboxylic acids is 1. The number of ether oxygens (including phenoxy) is 1. The maximum absolute atomic E-state index is 12.4. The molecule has 7 heteroatoms. The zero-order valence-corrected chi connectivity index (χ0v) is 20.8. The molecular weight excluding hydrogens is 438 g/mol. The summed E-state index contributed by atoms with van der Waals surface area (Å²) in [6, 6.07) is 6.45. The molecule has 1 saturated heterocycles. The van der Waals surface area contributed by atoms with E-state index >= 15 is 0 Å². The fraction of sp³-hybridized carbons (Fsp3) is 0.464. The second-order valence-corrected chi connectivity index (χ2v) is 11.0. The van der Waals surface area contributed by atoms with Gasteiger partial charge in [0, 0.05) is 36.2 Å². The van der Waals surface area contributed by atoms with Crippen LogP contribution in [0.3, 0.4) is 0 Å². The monoisotopic (exact) mass is 471 g/mol. The Labute approximate surface area is 206 Å². The van der Waals surface area contributed by atoms with Gasteiger partial charge in [0.2, 0.25) is 0 Å². The van der Waals surface area contributed by atoms with Gasteiger partial charge >= 0.3 is 6.09 Å². The van der Waals surface area contributed by atoms with E-state index in [9.17, 15) is 4.79 Å². The summed E-state index contributed by atoms with van der Waals surface area (Å²) in [4.78, 5) is 27.4. The lowest BCUT2D eigenvalue weighted by Gasteiger charge is -2.34. The van der Waals surface area contributed by atoms with Crippen LogP contribution in [-0.2, 0) is 24.0 Å². The molecule has 35 heavy (non-hydrogen) atoms. The Morgan fingerprint density at radius 1 is 1.20 bits per heavy atom. The fourth-order valence-corrected chi connectivity index (χ4v) is 5.71. The maximum atomic E-state index is 12.4. The van der Waals surface area contributed by atoms with E-state index in [-0.39, 0.29) is 6.09 Å². The Morgan fingerprint density at radius 3 is 2.83 bits per heavy atom. The minimum absolute atomic E-state index is 0.207. The van der Waals surface area contributed by atoms with Gasteiger partial charge in [0.1, 0.15) is 17.1 Å². The topological polar surface area (TPSA) is 83.1 Å². The summed E-state index contributed by atoms with van der Waals surface area (Å²) in [6.45, 7) is 7.18. The Kier molecular flexibility index (Phi) is 5.31. The molecule has 4 heterocycles. The van der Waals surface area contributed by atoms with Gasteiger partial charge in [0.15, 0.2) is 0 Å². The molecule has 7 nitrogen and oxygen atoms in total. The highest BCUT2D eigenvalue weighted by Crippen LogP contribution is 2.39. The zero-order chi connectivity index (χ0) is 24.2. The lowest BCUT2D eigenvalue weighted by atomic mass is 9.86. The number of amides is 1. The lowest BCUT2D eigenvalue weighted by Crippen LogP contribution is -2.41. The summed E-state index contributed by atoms with van der Waals surface area (Å²) in [7, 11) is 0. The third kappa shape index (κ3) is 4.28. The van der Waals surface area contributed by atoms with E-state index < -0.39 is 5.60 Å². The molecule has 0 unspecified atom stereocenters. The third-order valence-corrected chi connectivity index (χ3v) is 7.36. The van der Waals surface area contributed by atoms with E-state index in [1.165, 1.54) is 34.2 Å². The Balaban J connectivity index is 1.15. The Hall–Kier alpha value is -3.35. The second-order valence-electron chi connectivity index (χ2n) is 11.0. The van der Waals surface area contributed by atoms with Crippen molar-refractivity contribution in [1.82, 2.24) is 19.9 Å². The largest absolute Gasteiger partial charge is 0.444 e. The van der Waals surface area contributed by atoms with E-state index in [0.29, 0.717) is 5.92 Å². The van der Waals surface area contributed by atoms with Gasteiger partial charge in [-0.25, -0.2) is 9.78 Å². The van der Waals surface area contributed by atoms with Crippen LogP contribution in [0.15, 0.2) is 30.5 Å². The number of aromatic nitrogens is 3. The number of piperidine rings is 1. The number of aromatic amines is 1. The van der Waals surface area contributed by atoms with E-state index in [2.05, 4.69) is 34.6 Å². The number of allylic oxidation sites excluding steroid dienone is 2. The third-order valence-electron chi connectivity index (χ3n) is 7.36. The molecule has 6 rings (SSSR count). The quantitative estimate of drug-likeness (QED) is 0.506. The summed E-state index contributed by atoms with van der Waals surface area (Å²) in [5, 5.41) is 4.72. The molecule has 0 spiro atoms. The molecule has 0 radical (unpaired) electrons. The predicted molar refractivity (Wildman–Crippen MR) is 138 cm³/mol. The van der Waals surface area contributed by atoms with Gasteiger partial charge in [-0.2, -0.15) is 0 Å². The number of pyridine rings is 2. The van der Waals surface area contributed by atoms with Crippen molar-refractivity contribution in [3.05, 3.63) is 53.0 Å². The number of carbonyl (C=O) groups is 1. The highest BCUT2D eigenvalue weighted by atomic mass is 16.6. The number of aryl methyl sites for hydroxylation is 2. The van der Waals surface area contributed by atoms with Gasteiger partial charge in [-0.3, -0.25) is 4.98 Å². The molecular formula is C28H33N5O2. The van der Waals surface area contributed by atoms with Crippen LogP contribution in [-0.4, -0.2) is 44.6 Å². The van der Waals surface area contributed by atoms with Crippen molar-refractivity contribution in [2.75, 3.05) is 18.4 Å². The number of fused-ring (bicyclic) bond motifs is 4. The summed E-state index contributed by atoms with van der Waals surface area (Å²) in [6.07, 6.45) is 10.3. The Morgan fingerprint density at radius 2 is 2.03 bits per heavy atom. The van der Waals surface area contributed by atoms with Gasteiger partial charge in [-0.1, -0.05) is 6.08 Å². The maximum Gasteiger partial charge on any atom is 0.410 e. The van der Waals surface area contributed by atoms with Crippen LogP contribution < -0.4 is 5.32 Å². The summed E-state index contributed by atoms with van der Waals surface area (Å²) in [5.74, 6) is 1.26. The van der Waals surface area contributed by atoms with Gasteiger partial charge in [-0.15, -0.1) is 0 Å². The molecule has 0 bridgehead atoms. The molecule has 1 fully saturated rings. The average Bonchev–Trinajstić information content (AvgIpc) is 3.52. The number of hydrogen-bond acceptors (Lipinski definition) is 5. The first-order chi connectivity index (χ1) is 16.8. The molecule has 3 aromatic rings. The normalized spacial score (nSPS) is 17.9. The smallest absolute Gasteiger partial charge is 0.410 e. The SMILES string of the molecule is CC(C)(C)OC(=O)N1CCC(C2=CCc3ncc(Nc4ccc5c6c([nH]c5n4)CCC6)cc32)CC1. The van der Waals surface area contributed by atoms with Crippen LogP contribution in [0.4, 0.5) is 16.3 Å². The highest BCUT2D eigenvalue weighted by molar-refractivity contribution is 5.84. The fourth-order valence-electron chi connectivity index (χ4n) is 5.71. The van der Waals surface area contributed by atoms with Crippen LogP contribution in [0.5, 0.6) is 0 Å². The lowest BCUT2D eigenvalue weighted by molar-refractivity contribution is 0.0200. The van der Waals surface area contributed by atoms with Crippen LogP contribution >= 0.6 is 0 Å². The first-order valence-corrected chi connectivity index (χ1v) is 12.8. The number of rotatable bonds is 3. The van der Waals surface area contributed by atoms with Crippen LogP contribution in [0.1, 0.15) is 62.5 Å². The van der Waals surface area contributed by atoms with Crippen molar-refractivity contribution in [3.63, 3.8) is 0 Å². The number of nitrogens with one attached hydrogen (secondary N) is 2. The molecule has 0 saturated carbocycles. The minimum Gasteiger partial charge on any atom is -0.444 e. The van der Waals surface area contributed by atoms with E-state index in [1.807, 2.05) is 31.9 Å². The standard InChI is InChI=1S/C28H33N5O2/c1-28(2,3)35-27(34)33-13-11-17(12-14-33)19-7-9-23-22(19)15-18(16-29-23)30-25-10-8-21-20-5-4-6-24(20)31-26(21)32-25/h7-8,10,15-17H,4-6,9,11-14H2,1-3H3,(H2,30,31,32). The van der Waals surface area contributed by atoms with Crippen LogP contribution in [0.2, 0.25) is 0 Å². The predicted octanol–water partition coefficient (Wildman–Crippen LogP) is 5.78. The molecule has 1 amide bonds. The minimum atomic E-state index is -0.462.